The summed E-state index contributed by atoms with van der Waals surface area (Å²) in [6.45, 7) is 13.9. The second-order valence-corrected chi connectivity index (χ2v) is 8.16. The molecule has 0 aliphatic heterocycles. The lowest BCUT2D eigenvalue weighted by Gasteiger charge is -2.09. The molecule has 186 valence electrons. The highest BCUT2D eigenvalue weighted by atomic mass is 15.0. The maximum atomic E-state index is 5.42. The molecule has 0 amide bonds. The summed E-state index contributed by atoms with van der Waals surface area (Å²) < 4.78 is 0. The molecule has 0 saturated heterocycles. The van der Waals surface area contributed by atoms with Crippen LogP contribution in [0.15, 0.2) is 12.3 Å². The normalized spacial score (nSPS) is 11.5. The van der Waals surface area contributed by atoms with E-state index in [0.717, 1.165) is 72.0 Å². The van der Waals surface area contributed by atoms with E-state index in [9.17, 15) is 0 Å². The predicted molar refractivity (Wildman–Crippen MR) is 138 cm³/mol. The smallest absolute Gasteiger partial charge is 0.0266 e. The van der Waals surface area contributed by atoms with Gasteiger partial charge in [0.15, 0.2) is 0 Å². The molecule has 0 saturated carbocycles. The van der Waals surface area contributed by atoms with Crippen LogP contribution in [0.25, 0.3) is 0 Å². The van der Waals surface area contributed by atoms with Crippen LogP contribution >= 0.6 is 0 Å². The van der Waals surface area contributed by atoms with Gasteiger partial charge in [0.1, 0.15) is 0 Å². The molecular formula is C24H55N7. The molecule has 0 aromatic carbocycles. The Morgan fingerprint density at radius 2 is 0.935 bits per heavy atom. The summed E-state index contributed by atoms with van der Waals surface area (Å²) >= 11 is 0. The van der Waals surface area contributed by atoms with Gasteiger partial charge in [0.2, 0.25) is 0 Å². The first-order valence-electron chi connectivity index (χ1n) is 13.0. The number of hydrogen-bond acceptors (Lipinski definition) is 7. The zero-order valence-electron chi connectivity index (χ0n) is 20.6. The maximum Gasteiger partial charge on any atom is 0.0266 e. The van der Waals surface area contributed by atoms with Crippen LogP contribution in [0.2, 0.25) is 0 Å². The van der Waals surface area contributed by atoms with E-state index in [1.807, 2.05) is 0 Å². The fourth-order valence-corrected chi connectivity index (χ4v) is 3.24. The predicted octanol–water partition coefficient (Wildman–Crippen LogP) is 1.53. The van der Waals surface area contributed by atoms with Crippen molar-refractivity contribution in [3.8, 4) is 0 Å². The van der Waals surface area contributed by atoms with Gasteiger partial charge in [-0.2, -0.15) is 0 Å². The third-order valence-corrected chi connectivity index (χ3v) is 5.14. The summed E-state index contributed by atoms with van der Waals surface area (Å²) in [6.07, 6.45) is 16.7. The first kappa shape index (κ1) is 30.3. The van der Waals surface area contributed by atoms with Crippen LogP contribution in [0.4, 0.5) is 0 Å². The molecule has 0 atom stereocenters. The molecule has 0 aromatic rings. The van der Waals surface area contributed by atoms with Gasteiger partial charge in [0.05, 0.1) is 0 Å². The Morgan fingerprint density at radius 1 is 0.516 bits per heavy atom. The first-order valence-corrected chi connectivity index (χ1v) is 13.0. The molecule has 0 spiro atoms. The van der Waals surface area contributed by atoms with Crippen LogP contribution in [0.5, 0.6) is 0 Å². The Kier molecular flexibility index (Phi) is 28.6. The molecule has 0 radical (unpaired) electrons. The van der Waals surface area contributed by atoms with Gasteiger partial charge in [0.25, 0.3) is 0 Å². The quantitative estimate of drug-likeness (QED) is 0.0971. The van der Waals surface area contributed by atoms with Crippen molar-refractivity contribution in [3.05, 3.63) is 12.3 Å². The molecule has 0 aromatic heterocycles. The maximum absolute atomic E-state index is 5.42. The minimum atomic E-state index is 0.706. The van der Waals surface area contributed by atoms with Gasteiger partial charge in [-0.15, -0.1) is 0 Å². The van der Waals surface area contributed by atoms with Gasteiger partial charge < -0.3 is 37.6 Å². The van der Waals surface area contributed by atoms with E-state index in [-0.39, 0.29) is 0 Å². The van der Waals surface area contributed by atoms with Crippen molar-refractivity contribution in [2.75, 3.05) is 78.5 Å². The van der Waals surface area contributed by atoms with Crippen LogP contribution in [0, 0.1) is 0 Å². The molecule has 0 heterocycles. The van der Waals surface area contributed by atoms with Crippen molar-refractivity contribution in [2.24, 2.45) is 5.73 Å². The van der Waals surface area contributed by atoms with Crippen LogP contribution < -0.4 is 37.6 Å². The van der Waals surface area contributed by atoms with E-state index >= 15 is 0 Å². The third-order valence-electron chi connectivity index (χ3n) is 5.14. The summed E-state index contributed by atoms with van der Waals surface area (Å²) in [7, 11) is 0. The third kappa shape index (κ3) is 29.3. The van der Waals surface area contributed by atoms with Crippen LogP contribution in [0.1, 0.15) is 64.7 Å². The summed E-state index contributed by atoms with van der Waals surface area (Å²) in [5, 5.41) is 20.4. The largest absolute Gasteiger partial charge is 0.390 e. The first-order chi connectivity index (χ1) is 15.4. The number of unbranched alkanes of at least 4 members (excludes halogenated alkanes) is 8. The van der Waals surface area contributed by atoms with Gasteiger partial charge in [-0.05, 0) is 19.0 Å². The van der Waals surface area contributed by atoms with E-state index in [2.05, 4.69) is 51.1 Å². The lowest BCUT2D eigenvalue weighted by molar-refractivity contribution is 0.557. The van der Waals surface area contributed by atoms with Gasteiger partial charge in [-0.1, -0.05) is 57.9 Å². The average molecular weight is 442 g/mol. The Bertz CT molecular complexity index is 340. The van der Waals surface area contributed by atoms with Crippen molar-refractivity contribution < 1.29 is 0 Å². The minimum Gasteiger partial charge on any atom is -0.390 e. The van der Waals surface area contributed by atoms with Gasteiger partial charge >= 0.3 is 0 Å². The summed E-state index contributed by atoms with van der Waals surface area (Å²) in [4.78, 5) is 0. The molecule has 0 aliphatic rings. The molecule has 7 nitrogen and oxygen atoms in total. The zero-order chi connectivity index (χ0) is 22.5. The fraction of sp³-hybridized carbons (Fsp3) is 0.917. The van der Waals surface area contributed by atoms with Crippen molar-refractivity contribution in [2.45, 2.75) is 64.7 Å². The topological polar surface area (TPSA) is 98.2 Å². The van der Waals surface area contributed by atoms with Gasteiger partial charge in [0, 0.05) is 78.5 Å². The van der Waals surface area contributed by atoms with Crippen molar-refractivity contribution in [3.63, 3.8) is 0 Å². The number of hydrogen-bond donors (Lipinski definition) is 7. The minimum absolute atomic E-state index is 0.706. The Morgan fingerprint density at radius 3 is 1.42 bits per heavy atom. The molecule has 31 heavy (non-hydrogen) atoms. The second-order valence-electron chi connectivity index (χ2n) is 8.16. The molecule has 0 unspecified atom stereocenters. The molecule has 8 N–H and O–H groups in total. The van der Waals surface area contributed by atoms with Gasteiger partial charge in [-0.3, -0.25) is 0 Å². The van der Waals surface area contributed by atoms with E-state index in [1.165, 1.54) is 57.8 Å². The number of rotatable bonds is 27. The monoisotopic (exact) mass is 441 g/mol. The summed E-state index contributed by atoms with van der Waals surface area (Å²) in [5.74, 6) is 0. The van der Waals surface area contributed by atoms with Gasteiger partial charge in [-0.25, -0.2) is 0 Å². The molecule has 0 rings (SSSR count). The van der Waals surface area contributed by atoms with E-state index < -0.39 is 0 Å². The average Bonchev–Trinajstić information content (AvgIpc) is 2.78. The van der Waals surface area contributed by atoms with Crippen LogP contribution in [0.3, 0.4) is 0 Å². The SMILES string of the molecule is CCCCCCCCCCC=CNCCNCCNCCNCCNCCNCCN. The molecule has 0 aliphatic carbocycles. The zero-order valence-corrected chi connectivity index (χ0v) is 20.6. The number of nitrogens with two attached hydrogens (primary N) is 1. The van der Waals surface area contributed by atoms with Crippen molar-refractivity contribution in [1.82, 2.24) is 31.9 Å². The Balaban J connectivity index is 3.05. The molecule has 7 heteroatoms. The van der Waals surface area contributed by atoms with E-state index in [1.54, 1.807) is 0 Å². The number of allylic oxidation sites excluding steroid dienone is 1. The van der Waals surface area contributed by atoms with E-state index in [4.69, 9.17) is 5.73 Å². The highest BCUT2D eigenvalue weighted by molar-refractivity contribution is 4.79. The van der Waals surface area contributed by atoms with Crippen LogP contribution in [-0.2, 0) is 0 Å². The Hall–Kier alpha value is -0.700. The van der Waals surface area contributed by atoms with Crippen molar-refractivity contribution >= 4 is 0 Å². The highest BCUT2D eigenvalue weighted by Gasteiger charge is 1.92. The van der Waals surface area contributed by atoms with E-state index in [0.29, 0.717) is 6.54 Å². The number of nitrogens with one attached hydrogen (secondary N) is 6. The molecule has 0 fully saturated rings. The highest BCUT2D eigenvalue weighted by Crippen LogP contribution is 2.09. The molecular weight excluding hydrogens is 386 g/mol. The fourth-order valence-electron chi connectivity index (χ4n) is 3.24. The van der Waals surface area contributed by atoms with Crippen LogP contribution in [-0.4, -0.2) is 78.5 Å². The molecule has 0 bridgehead atoms. The second kappa shape index (κ2) is 29.3. The Labute approximate surface area is 193 Å². The lowest BCUT2D eigenvalue weighted by Crippen LogP contribution is -2.37. The lowest BCUT2D eigenvalue weighted by atomic mass is 10.1. The summed E-state index contributed by atoms with van der Waals surface area (Å²) in [6, 6.07) is 0. The summed E-state index contributed by atoms with van der Waals surface area (Å²) in [5.41, 5.74) is 5.42. The van der Waals surface area contributed by atoms with Crippen molar-refractivity contribution in [1.29, 1.82) is 0 Å². The standard InChI is InChI=1S/C24H55N7/c1-2-3-4-5-6-7-8-9-10-11-13-26-15-17-28-19-21-30-23-24-31-22-20-29-18-16-27-14-12-25/h11,13,26-31H,2-10,12,14-25H2,1H3.